The molecule has 0 radical (unpaired) electrons. The molecule has 0 N–H and O–H groups in total. The summed E-state index contributed by atoms with van der Waals surface area (Å²) in [7, 11) is 0.856. The lowest BCUT2D eigenvalue weighted by molar-refractivity contribution is -0.258. The van der Waals surface area contributed by atoms with E-state index in [1.54, 1.807) is 6.07 Å². The van der Waals surface area contributed by atoms with E-state index >= 15 is 0 Å². The summed E-state index contributed by atoms with van der Waals surface area (Å²) >= 11 is 0. The molecule has 0 aliphatic rings. The topological polar surface area (TPSA) is 26.3 Å². The van der Waals surface area contributed by atoms with E-state index in [9.17, 15) is 18.0 Å². The zero-order chi connectivity index (χ0) is 11.5. The molecule has 0 aromatic heterocycles. The smallest absolute Gasteiger partial charge is 0.358 e. The van der Waals surface area contributed by atoms with E-state index in [-0.39, 0.29) is 11.8 Å². The summed E-state index contributed by atoms with van der Waals surface area (Å²) in [6.45, 7) is 0. The van der Waals surface area contributed by atoms with Crippen molar-refractivity contribution < 1.29 is 22.7 Å². The fourth-order valence-electron chi connectivity index (χ4n) is 1.27. The van der Waals surface area contributed by atoms with Gasteiger partial charge in [-0.2, -0.15) is 13.2 Å². The Bertz CT molecular complexity index is 334. The number of ether oxygens (including phenoxy) is 1. The first-order chi connectivity index (χ1) is 6.98. The Morgan fingerprint density at radius 1 is 1.20 bits per heavy atom. The van der Waals surface area contributed by atoms with Crippen LogP contribution < -0.4 is 0 Å². The largest absolute Gasteiger partial charge is 0.428 e. The Balaban J connectivity index is 3.30. The third-order valence-electron chi connectivity index (χ3n) is 2.11. The van der Waals surface area contributed by atoms with Crippen LogP contribution >= 0.6 is 0 Å². The molecule has 0 amide bonds. The number of alkyl halides is 3. The lowest BCUT2D eigenvalue weighted by atomic mass is 9.94. The molecule has 0 fully saturated rings. The predicted molar refractivity (Wildman–Crippen MR) is 47.2 cm³/mol. The number of methoxy groups -OCH3 is 1. The van der Waals surface area contributed by atoms with Crippen LogP contribution in [-0.2, 0) is 15.1 Å². The van der Waals surface area contributed by atoms with E-state index < -0.39 is 11.8 Å². The highest BCUT2D eigenvalue weighted by Gasteiger charge is 2.57. The van der Waals surface area contributed by atoms with Crippen molar-refractivity contribution in [3.63, 3.8) is 0 Å². The van der Waals surface area contributed by atoms with E-state index in [0.29, 0.717) is 0 Å². The Labute approximate surface area is 84.7 Å². The van der Waals surface area contributed by atoms with Crippen molar-refractivity contribution in [2.45, 2.75) is 11.8 Å². The molecule has 0 bridgehead atoms. The zero-order valence-electron chi connectivity index (χ0n) is 7.91. The summed E-state index contributed by atoms with van der Waals surface area (Å²) in [4.78, 5) is 10.7. The molecule has 0 spiro atoms. The Hall–Kier alpha value is -1.36. The zero-order valence-corrected chi connectivity index (χ0v) is 7.91. The summed E-state index contributed by atoms with van der Waals surface area (Å²) < 4.78 is 42.5. The van der Waals surface area contributed by atoms with Crippen molar-refractivity contribution in [2.24, 2.45) is 0 Å². The predicted octanol–water partition coefficient (Wildman–Crippen LogP) is 2.29. The standard InChI is InChI=1S/C10H9F3O2/c1-15-9(7-14,10(11,12)13)8-5-3-2-4-6-8/h2-7H,1H3/t9-/m0/s1. The SMILES string of the molecule is CO[C@@](C=O)(c1ccccc1)C(F)(F)F. The van der Waals surface area contributed by atoms with Crippen molar-refractivity contribution in [3.8, 4) is 0 Å². The van der Waals surface area contributed by atoms with E-state index in [0.717, 1.165) is 7.11 Å². The van der Waals surface area contributed by atoms with Crippen molar-refractivity contribution >= 4 is 6.29 Å². The van der Waals surface area contributed by atoms with Gasteiger partial charge >= 0.3 is 6.18 Å². The van der Waals surface area contributed by atoms with Crippen molar-refractivity contribution in [2.75, 3.05) is 7.11 Å². The van der Waals surface area contributed by atoms with Gasteiger partial charge in [0.15, 0.2) is 6.29 Å². The Kier molecular flexibility index (Phi) is 3.14. The van der Waals surface area contributed by atoms with Crippen LogP contribution in [0.2, 0.25) is 0 Å². The van der Waals surface area contributed by atoms with Gasteiger partial charge in [0.1, 0.15) is 0 Å². The highest BCUT2D eigenvalue weighted by Crippen LogP contribution is 2.39. The molecule has 1 aromatic rings. The maximum absolute atomic E-state index is 12.7. The number of carbonyl (C=O) groups excluding carboxylic acids is 1. The molecule has 0 aliphatic carbocycles. The minimum absolute atomic E-state index is 0.227. The van der Waals surface area contributed by atoms with Crippen LogP contribution in [0.5, 0.6) is 0 Å². The average molecular weight is 218 g/mol. The van der Waals surface area contributed by atoms with Crippen molar-refractivity contribution in [1.29, 1.82) is 0 Å². The Morgan fingerprint density at radius 3 is 2.07 bits per heavy atom. The molecule has 0 heterocycles. The van der Waals surface area contributed by atoms with E-state index in [1.807, 2.05) is 0 Å². The maximum atomic E-state index is 12.7. The van der Waals surface area contributed by atoms with E-state index in [2.05, 4.69) is 4.74 Å². The summed E-state index contributed by atoms with van der Waals surface area (Å²) in [6.07, 6.45) is -5.01. The highest BCUT2D eigenvalue weighted by molar-refractivity contribution is 5.67. The number of halogens is 3. The van der Waals surface area contributed by atoms with Gasteiger partial charge in [-0.05, 0) is 0 Å². The van der Waals surface area contributed by atoms with Crippen LogP contribution in [0.3, 0.4) is 0 Å². The molecule has 5 heteroatoms. The van der Waals surface area contributed by atoms with E-state index in [4.69, 9.17) is 0 Å². The molecule has 2 nitrogen and oxygen atoms in total. The molecular formula is C10H9F3O2. The van der Waals surface area contributed by atoms with Gasteiger partial charge in [-0.1, -0.05) is 30.3 Å². The second-order valence-electron chi connectivity index (χ2n) is 2.92. The number of carbonyl (C=O) groups is 1. The second-order valence-corrected chi connectivity index (χ2v) is 2.92. The fourth-order valence-corrected chi connectivity index (χ4v) is 1.27. The summed E-state index contributed by atoms with van der Waals surface area (Å²) in [5.74, 6) is 0. The molecule has 1 rings (SSSR count). The van der Waals surface area contributed by atoms with Crippen LogP contribution in [0.15, 0.2) is 30.3 Å². The molecule has 1 aromatic carbocycles. The molecule has 0 saturated heterocycles. The van der Waals surface area contributed by atoms with Crippen LogP contribution in [0.1, 0.15) is 5.56 Å². The number of hydrogen-bond acceptors (Lipinski definition) is 2. The van der Waals surface area contributed by atoms with Gasteiger partial charge in [0.05, 0.1) is 0 Å². The number of hydrogen-bond donors (Lipinski definition) is 0. The molecule has 1 atom stereocenters. The summed E-state index contributed by atoms with van der Waals surface area (Å²) in [5.41, 5.74) is -3.09. The molecule has 15 heavy (non-hydrogen) atoms. The summed E-state index contributed by atoms with van der Waals surface area (Å²) in [5, 5.41) is 0. The first kappa shape index (κ1) is 11.7. The first-order valence-electron chi connectivity index (χ1n) is 4.11. The normalized spacial score (nSPS) is 15.7. The van der Waals surface area contributed by atoms with Gasteiger partial charge in [-0.15, -0.1) is 0 Å². The molecule has 0 unspecified atom stereocenters. The maximum Gasteiger partial charge on any atom is 0.428 e. The summed E-state index contributed by atoms with van der Waals surface area (Å²) in [6, 6.07) is 6.79. The van der Waals surface area contributed by atoms with Crippen LogP contribution in [0.25, 0.3) is 0 Å². The van der Waals surface area contributed by atoms with Gasteiger partial charge in [0.25, 0.3) is 0 Å². The minimum atomic E-state index is -4.77. The fraction of sp³-hybridized carbons (Fsp3) is 0.300. The first-order valence-corrected chi connectivity index (χ1v) is 4.11. The highest BCUT2D eigenvalue weighted by atomic mass is 19.4. The van der Waals surface area contributed by atoms with Crippen LogP contribution in [-0.4, -0.2) is 19.6 Å². The van der Waals surface area contributed by atoms with Crippen molar-refractivity contribution in [1.82, 2.24) is 0 Å². The third kappa shape index (κ3) is 1.87. The van der Waals surface area contributed by atoms with Crippen LogP contribution in [0, 0.1) is 0 Å². The monoisotopic (exact) mass is 218 g/mol. The van der Waals surface area contributed by atoms with Gasteiger partial charge in [-0.25, -0.2) is 0 Å². The van der Waals surface area contributed by atoms with Gasteiger partial charge in [-0.3, -0.25) is 4.79 Å². The number of aldehydes is 1. The third-order valence-corrected chi connectivity index (χ3v) is 2.11. The minimum Gasteiger partial charge on any atom is -0.358 e. The lowest BCUT2D eigenvalue weighted by Gasteiger charge is -2.29. The molecule has 0 saturated carbocycles. The molecular weight excluding hydrogens is 209 g/mol. The molecule has 0 aliphatic heterocycles. The lowest BCUT2D eigenvalue weighted by Crippen LogP contribution is -2.45. The van der Waals surface area contributed by atoms with Gasteiger partial charge in [0.2, 0.25) is 5.60 Å². The quantitative estimate of drug-likeness (QED) is 0.727. The van der Waals surface area contributed by atoms with Gasteiger partial charge < -0.3 is 4.74 Å². The molecule has 82 valence electrons. The van der Waals surface area contributed by atoms with Crippen LogP contribution in [0.4, 0.5) is 13.2 Å². The number of rotatable bonds is 3. The van der Waals surface area contributed by atoms with E-state index in [1.165, 1.54) is 24.3 Å². The Morgan fingerprint density at radius 2 is 1.73 bits per heavy atom. The average Bonchev–Trinajstić information content (AvgIpc) is 2.20. The second kappa shape index (κ2) is 4.02. The van der Waals surface area contributed by atoms with Gasteiger partial charge in [0, 0.05) is 12.7 Å². The number of benzene rings is 1. The van der Waals surface area contributed by atoms with Crippen molar-refractivity contribution in [3.05, 3.63) is 35.9 Å².